The third-order valence-corrected chi connectivity index (χ3v) is 11.7. The predicted octanol–water partition coefficient (Wildman–Crippen LogP) is 4.34. The second-order valence-electron chi connectivity index (χ2n) is 16.5. The van der Waals surface area contributed by atoms with Crippen molar-refractivity contribution >= 4 is 63.4 Å². The Balaban J connectivity index is 0.830. The number of nitrogens with zero attached hydrogens (tertiary/aromatic N) is 9. The first-order valence-corrected chi connectivity index (χ1v) is 20.9. The van der Waals surface area contributed by atoms with Gasteiger partial charge in [-0.3, -0.25) is 29.3 Å². The van der Waals surface area contributed by atoms with Crippen LogP contribution in [0.4, 0.5) is 34.8 Å². The molecule has 0 saturated carbocycles. The number of fused-ring (bicyclic) bond motifs is 1. The van der Waals surface area contributed by atoms with Crippen molar-refractivity contribution in [1.82, 2.24) is 45.2 Å². The fraction of sp³-hybridized carbons (Fsp3) is 0.409. The number of carbonyl (C=O) groups excluding carboxylic acids is 3. The fourth-order valence-corrected chi connectivity index (χ4v) is 8.29. The van der Waals surface area contributed by atoms with Crippen molar-refractivity contribution in [2.24, 2.45) is 13.0 Å². The van der Waals surface area contributed by atoms with Crippen LogP contribution in [0.5, 0.6) is 0 Å². The average Bonchev–Trinajstić information content (AvgIpc) is 3.58. The van der Waals surface area contributed by atoms with E-state index in [0.29, 0.717) is 36.0 Å². The first-order valence-electron chi connectivity index (χ1n) is 20.9. The molecule has 1 aromatic carbocycles. The van der Waals surface area contributed by atoms with Crippen molar-refractivity contribution in [1.29, 1.82) is 0 Å². The van der Waals surface area contributed by atoms with Gasteiger partial charge in [-0.15, -0.1) is 6.58 Å². The van der Waals surface area contributed by atoms with Gasteiger partial charge in [0.15, 0.2) is 0 Å². The number of benzene rings is 1. The van der Waals surface area contributed by atoms with Gasteiger partial charge in [0.05, 0.1) is 34.7 Å². The maximum absolute atomic E-state index is 13.0. The maximum Gasteiger partial charge on any atom is 0.256 e. The fourth-order valence-electron chi connectivity index (χ4n) is 8.29. The van der Waals surface area contributed by atoms with Crippen LogP contribution in [0.25, 0.3) is 10.9 Å². The summed E-state index contributed by atoms with van der Waals surface area (Å²) < 4.78 is 1.85. The number of piperazine rings is 1. The van der Waals surface area contributed by atoms with Crippen LogP contribution in [0, 0.1) is 5.92 Å². The molecule has 4 aromatic heterocycles. The number of hydrogen-bond donors (Lipinski definition) is 5. The minimum Gasteiger partial charge on any atom is -0.384 e. The second-order valence-corrected chi connectivity index (χ2v) is 16.5. The molecule has 7 heterocycles. The summed E-state index contributed by atoms with van der Waals surface area (Å²) in [5.41, 5.74) is 3.15. The van der Waals surface area contributed by atoms with Crippen molar-refractivity contribution in [3.05, 3.63) is 90.5 Å². The standard InChI is InChI=1S/C44H53N13O4/c1-5-17-45-41(59)33-26-47-43(52-40(33)50-36-8-6-7-35(49-36)44(2,3)61)48-29-9-13-37(46-25-29)57-22-20-55(21-23-57)27-28-15-18-56(19-16-28)30-10-11-31-34(24-30)54(4)53-39(31)32-12-14-38(58)51-42(32)60/h5-11,13,24-26,28,32,61H,1,12,14-23,27H2,2-4H3,(H,45,59)(H,51,58,60)(H2,47,48,49,50,52). The zero-order valence-corrected chi connectivity index (χ0v) is 34.9. The molecule has 61 heavy (non-hydrogen) atoms. The molecule has 318 valence electrons. The number of aliphatic hydroxyl groups is 1. The van der Waals surface area contributed by atoms with Gasteiger partial charge in [0.25, 0.3) is 5.91 Å². The lowest BCUT2D eigenvalue weighted by atomic mass is 9.92. The summed E-state index contributed by atoms with van der Waals surface area (Å²) in [7, 11) is 1.91. The molecule has 8 rings (SSSR count). The molecular formula is C44H53N13O4. The van der Waals surface area contributed by atoms with Crippen LogP contribution < -0.4 is 31.1 Å². The Morgan fingerprint density at radius 2 is 1.75 bits per heavy atom. The summed E-state index contributed by atoms with van der Waals surface area (Å²) >= 11 is 0. The quantitative estimate of drug-likeness (QED) is 0.0830. The molecule has 1 unspecified atom stereocenters. The Morgan fingerprint density at radius 3 is 2.48 bits per heavy atom. The molecule has 0 radical (unpaired) electrons. The third kappa shape index (κ3) is 9.47. The molecule has 3 fully saturated rings. The minimum absolute atomic E-state index is 0.218. The van der Waals surface area contributed by atoms with Gasteiger partial charge in [-0.25, -0.2) is 15.0 Å². The van der Waals surface area contributed by atoms with Crippen LogP contribution in [0.2, 0.25) is 0 Å². The first-order chi connectivity index (χ1) is 29.4. The number of piperidine rings is 2. The van der Waals surface area contributed by atoms with Crippen molar-refractivity contribution in [2.75, 3.05) is 72.8 Å². The molecule has 1 atom stereocenters. The third-order valence-electron chi connectivity index (χ3n) is 11.7. The van der Waals surface area contributed by atoms with E-state index in [9.17, 15) is 19.5 Å². The van der Waals surface area contributed by atoms with Gasteiger partial charge >= 0.3 is 0 Å². The Kier molecular flexibility index (Phi) is 11.9. The van der Waals surface area contributed by atoms with Gasteiger partial charge < -0.3 is 30.9 Å². The molecule has 3 amide bonds. The Morgan fingerprint density at radius 1 is 0.951 bits per heavy atom. The van der Waals surface area contributed by atoms with Crippen molar-refractivity contribution in [3.8, 4) is 0 Å². The monoisotopic (exact) mass is 827 g/mol. The Hall–Kier alpha value is -6.46. The van der Waals surface area contributed by atoms with E-state index in [1.54, 1.807) is 44.3 Å². The number of anilines is 6. The van der Waals surface area contributed by atoms with Crippen LogP contribution in [-0.2, 0) is 22.2 Å². The SMILES string of the molecule is C=CCNC(=O)c1cnc(Nc2ccc(N3CCN(CC4CCN(c5ccc6c(C7CCC(=O)NC7=O)nn(C)c6c5)CC4)CC3)nc2)nc1Nc1cccc(C(C)(C)O)n1. The number of amides is 3. The average molecular weight is 828 g/mol. The van der Waals surface area contributed by atoms with Gasteiger partial charge in [0, 0.05) is 83.1 Å². The highest BCUT2D eigenvalue weighted by Gasteiger charge is 2.32. The van der Waals surface area contributed by atoms with Crippen LogP contribution in [0.15, 0.2) is 73.6 Å². The smallest absolute Gasteiger partial charge is 0.256 e. The normalized spacial score (nSPS) is 17.9. The van der Waals surface area contributed by atoms with E-state index < -0.39 is 11.5 Å². The Labute approximate surface area is 354 Å². The number of aromatic nitrogens is 6. The van der Waals surface area contributed by atoms with E-state index in [-0.39, 0.29) is 41.6 Å². The van der Waals surface area contributed by atoms with E-state index in [4.69, 9.17) is 10.1 Å². The molecule has 3 aliphatic rings. The van der Waals surface area contributed by atoms with Crippen LogP contribution >= 0.6 is 0 Å². The number of hydrogen-bond acceptors (Lipinski definition) is 14. The van der Waals surface area contributed by atoms with E-state index >= 15 is 0 Å². The van der Waals surface area contributed by atoms with Crippen molar-refractivity contribution in [3.63, 3.8) is 0 Å². The molecule has 5 aromatic rings. The number of rotatable bonds is 13. The highest BCUT2D eigenvalue weighted by atomic mass is 16.3. The number of carbonyl (C=O) groups is 3. The molecular weight excluding hydrogens is 775 g/mol. The summed E-state index contributed by atoms with van der Waals surface area (Å²) in [6, 6.07) is 15.6. The largest absolute Gasteiger partial charge is 0.384 e. The zero-order valence-electron chi connectivity index (χ0n) is 34.9. The lowest BCUT2D eigenvalue weighted by Crippen LogP contribution is -2.49. The molecule has 3 aliphatic heterocycles. The van der Waals surface area contributed by atoms with Gasteiger partial charge in [0.2, 0.25) is 17.8 Å². The zero-order chi connectivity index (χ0) is 42.7. The summed E-state index contributed by atoms with van der Waals surface area (Å²) in [6.45, 7) is 14.0. The summed E-state index contributed by atoms with van der Waals surface area (Å²) in [5, 5.41) is 27.7. The summed E-state index contributed by atoms with van der Waals surface area (Å²) in [4.78, 5) is 62.9. The molecule has 17 nitrogen and oxygen atoms in total. The first kappa shape index (κ1) is 41.3. The minimum atomic E-state index is -1.15. The highest BCUT2D eigenvalue weighted by Crippen LogP contribution is 2.34. The molecule has 17 heteroatoms. The van der Waals surface area contributed by atoms with E-state index in [0.717, 1.165) is 81.1 Å². The van der Waals surface area contributed by atoms with Crippen molar-refractivity contribution < 1.29 is 19.5 Å². The van der Waals surface area contributed by atoms with Gasteiger partial charge in [-0.05, 0) is 81.5 Å². The number of nitrogens with one attached hydrogen (secondary N) is 4. The molecule has 5 N–H and O–H groups in total. The van der Waals surface area contributed by atoms with Crippen LogP contribution in [0.3, 0.4) is 0 Å². The van der Waals surface area contributed by atoms with E-state index in [1.165, 1.54) is 11.9 Å². The lowest BCUT2D eigenvalue weighted by Gasteiger charge is -2.39. The van der Waals surface area contributed by atoms with E-state index in [1.807, 2.05) is 23.9 Å². The van der Waals surface area contributed by atoms with Crippen LogP contribution in [0.1, 0.15) is 67.2 Å². The Bertz CT molecular complexity index is 2410. The van der Waals surface area contributed by atoms with Crippen molar-refractivity contribution in [2.45, 2.75) is 51.0 Å². The van der Waals surface area contributed by atoms with E-state index in [2.05, 4.69) is 75.7 Å². The molecule has 0 bridgehead atoms. The van der Waals surface area contributed by atoms with Gasteiger partial charge in [-0.2, -0.15) is 10.1 Å². The topological polar surface area (TPSA) is 199 Å². The maximum atomic E-state index is 13.0. The highest BCUT2D eigenvalue weighted by molar-refractivity contribution is 6.03. The number of aryl methyl sites for hydroxylation is 1. The predicted molar refractivity (Wildman–Crippen MR) is 234 cm³/mol. The number of pyridine rings is 2. The summed E-state index contributed by atoms with van der Waals surface area (Å²) in [5.74, 6) is 1.21. The van der Waals surface area contributed by atoms with Crippen LogP contribution in [-0.4, -0.2) is 110 Å². The molecule has 0 spiro atoms. The van der Waals surface area contributed by atoms with Gasteiger partial charge in [0.1, 0.15) is 28.6 Å². The molecule has 3 saturated heterocycles. The second kappa shape index (κ2) is 17.6. The molecule has 0 aliphatic carbocycles. The summed E-state index contributed by atoms with van der Waals surface area (Å²) in [6.07, 6.45) is 7.87. The van der Waals surface area contributed by atoms with Gasteiger partial charge in [-0.1, -0.05) is 12.1 Å². The lowest BCUT2D eigenvalue weighted by molar-refractivity contribution is -0.134. The number of imide groups is 1.